The Kier molecular flexibility index (Phi) is 5.33. The van der Waals surface area contributed by atoms with Crippen LogP contribution >= 0.6 is 0 Å². The van der Waals surface area contributed by atoms with E-state index in [0.717, 1.165) is 0 Å². The lowest BCUT2D eigenvalue weighted by Crippen LogP contribution is -1.85. The van der Waals surface area contributed by atoms with Crippen LogP contribution in [0.5, 0.6) is 0 Å². The van der Waals surface area contributed by atoms with Gasteiger partial charge in [0.2, 0.25) is 0 Å². The number of terminal acetylenes is 2. The number of sulfone groups is 1. The van der Waals surface area contributed by atoms with Crippen LogP contribution in [0.2, 0.25) is 0 Å². The van der Waals surface area contributed by atoms with Gasteiger partial charge in [0.25, 0.3) is 15.5 Å². The van der Waals surface area contributed by atoms with E-state index in [4.69, 9.17) is 0 Å². The summed E-state index contributed by atoms with van der Waals surface area (Å²) in [7, 11) is -3.60. The summed E-state index contributed by atoms with van der Waals surface area (Å²) in [6, 6.07) is 7.93. The summed E-state index contributed by atoms with van der Waals surface area (Å²) in [5, 5.41) is 12.9. The molecule has 0 saturated heterocycles. The van der Waals surface area contributed by atoms with Gasteiger partial charge in [0.15, 0.2) is 0 Å². The molecule has 0 aliphatic rings. The van der Waals surface area contributed by atoms with Gasteiger partial charge in [-0.2, -0.15) is 0 Å². The zero-order valence-corrected chi connectivity index (χ0v) is 8.85. The number of benzene rings is 1. The van der Waals surface area contributed by atoms with Gasteiger partial charge in [-0.25, -0.2) is 8.42 Å². The Morgan fingerprint density at radius 1 is 1.12 bits per heavy atom. The highest BCUT2D eigenvalue weighted by molar-refractivity contribution is 8.00. The number of hydrogen-bond acceptors (Lipinski definition) is 4. The standard InChI is InChI=1S/C6H5NO2.C4H2O2S/c8-7(9)6-4-2-1-3-5-6;1-3-7(5,6)4-2/h1-5H;1-2H. The molecule has 0 unspecified atom stereocenters. The minimum absolute atomic E-state index is 0.137. The van der Waals surface area contributed by atoms with Crippen LogP contribution < -0.4 is 0 Å². The summed E-state index contributed by atoms with van der Waals surface area (Å²) < 4.78 is 19.8. The number of para-hydroxylation sites is 1. The second-order valence-corrected chi connectivity index (χ2v) is 3.81. The summed E-state index contributed by atoms with van der Waals surface area (Å²) in [5.41, 5.74) is 0.137. The van der Waals surface area contributed by atoms with Crippen LogP contribution in [0, 0.1) is 33.5 Å². The molecular weight excluding hydrogens is 230 g/mol. The molecule has 1 aromatic rings. The molecule has 0 aromatic heterocycles. The summed E-state index contributed by atoms with van der Waals surface area (Å²) in [4.78, 5) is 9.59. The lowest BCUT2D eigenvalue weighted by molar-refractivity contribution is -0.384. The van der Waals surface area contributed by atoms with Crippen LogP contribution in [0.1, 0.15) is 0 Å². The lowest BCUT2D eigenvalue weighted by atomic mass is 10.3. The molecule has 0 radical (unpaired) electrons. The maximum atomic E-state index is 10.0. The van der Waals surface area contributed by atoms with E-state index in [1.807, 2.05) is 0 Å². The zero-order valence-electron chi connectivity index (χ0n) is 8.03. The summed E-state index contributed by atoms with van der Waals surface area (Å²) in [6.45, 7) is 0. The van der Waals surface area contributed by atoms with Crippen molar-refractivity contribution in [3.05, 3.63) is 40.4 Å². The molecule has 6 heteroatoms. The number of hydrogen-bond donors (Lipinski definition) is 0. The Morgan fingerprint density at radius 2 is 1.56 bits per heavy atom. The Balaban J connectivity index is 0.000000293. The fraction of sp³-hybridized carbons (Fsp3) is 0. The molecule has 1 aromatic carbocycles. The van der Waals surface area contributed by atoms with E-state index in [2.05, 4.69) is 12.8 Å². The highest BCUT2D eigenvalue weighted by Crippen LogP contribution is 2.06. The van der Waals surface area contributed by atoms with Gasteiger partial charge in [0.05, 0.1) is 4.92 Å². The van der Waals surface area contributed by atoms with Gasteiger partial charge < -0.3 is 0 Å². The molecule has 16 heavy (non-hydrogen) atoms. The zero-order chi connectivity index (χ0) is 12.6. The van der Waals surface area contributed by atoms with E-state index in [-0.39, 0.29) is 5.69 Å². The summed E-state index contributed by atoms with van der Waals surface area (Å²) >= 11 is 0. The van der Waals surface area contributed by atoms with Gasteiger partial charge in [-0.3, -0.25) is 10.1 Å². The fourth-order valence-corrected chi connectivity index (χ4v) is 0.652. The largest absolute Gasteiger partial charge is 0.283 e. The number of nitro benzene ring substituents is 1. The van der Waals surface area contributed by atoms with Gasteiger partial charge in [0, 0.05) is 22.6 Å². The Hall–Kier alpha value is -2.31. The van der Waals surface area contributed by atoms with E-state index in [1.165, 1.54) is 22.6 Å². The van der Waals surface area contributed by atoms with Crippen LogP contribution in [-0.4, -0.2) is 13.3 Å². The van der Waals surface area contributed by atoms with Gasteiger partial charge >= 0.3 is 0 Å². The molecule has 0 spiro atoms. The predicted molar refractivity (Wildman–Crippen MR) is 59.7 cm³/mol. The van der Waals surface area contributed by atoms with E-state index >= 15 is 0 Å². The first kappa shape index (κ1) is 13.7. The molecule has 0 bridgehead atoms. The Bertz CT molecular complexity index is 514. The monoisotopic (exact) mass is 237 g/mol. The Labute approximate surface area is 93.2 Å². The molecule has 0 N–H and O–H groups in total. The van der Waals surface area contributed by atoms with Gasteiger partial charge in [-0.1, -0.05) is 18.2 Å². The first-order valence-electron chi connectivity index (χ1n) is 3.82. The number of non-ortho nitro benzene ring substituents is 1. The minimum atomic E-state index is -3.60. The third-order valence-corrected chi connectivity index (χ3v) is 1.90. The highest BCUT2D eigenvalue weighted by Gasteiger charge is 1.98. The van der Waals surface area contributed by atoms with E-state index < -0.39 is 14.8 Å². The average molecular weight is 237 g/mol. The quantitative estimate of drug-likeness (QED) is 0.318. The maximum absolute atomic E-state index is 10.0. The van der Waals surface area contributed by atoms with E-state index in [1.54, 1.807) is 18.2 Å². The van der Waals surface area contributed by atoms with Crippen molar-refractivity contribution in [1.29, 1.82) is 0 Å². The second kappa shape index (κ2) is 6.23. The van der Waals surface area contributed by atoms with E-state index in [0.29, 0.717) is 0 Å². The van der Waals surface area contributed by atoms with Crippen molar-refractivity contribution in [1.82, 2.24) is 0 Å². The van der Waals surface area contributed by atoms with Crippen LogP contribution in [0.15, 0.2) is 30.3 Å². The fourth-order valence-electron chi connectivity index (χ4n) is 0.584. The highest BCUT2D eigenvalue weighted by atomic mass is 32.2. The van der Waals surface area contributed by atoms with Gasteiger partial charge in [-0.05, 0) is 0 Å². The topological polar surface area (TPSA) is 77.3 Å². The van der Waals surface area contributed by atoms with Crippen molar-refractivity contribution in [2.75, 3.05) is 0 Å². The molecule has 0 heterocycles. The molecule has 82 valence electrons. The van der Waals surface area contributed by atoms with Crippen molar-refractivity contribution in [3.63, 3.8) is 0 Å². The molecule has 0 amide bonds. The maximum Gasteiger partial charge on any atom is 0.283 e. The SMILES string of the molecule is C#CS(=O)(=O)C#C.O=[N+]([O-])c1ccccc1. The third-order valence-electron chi connectivity index (χ3n) is 1.28. The van der Waals surface area contributed by atoms with Crippen LogP contribution in [0.25, 0.3) is 0 Å². The molecule has 0 fully saturated rings. The Morgan fingerprint density at radius 3 is 1.75 bits per heavy atom. The van der Waals surface area contributed by atoms with Crippen molar-refractivity contribution >= 4 is 15.5 Å². The molecular formula is C10H7NO4S. The molecule has 0 aliphatic heterocycles. The van der Waals surface area contributed by atoms with Crippen molar-refractivity contribution in [3.8, 4) is 23.4 Å². The smallest absolute Gasteiger partial charge is 0.258 e. The van der Waals surface area contributed by atoms with Crippen LogP contribution in [-0.2, 0) is 9.84 Å². The first-order valence-corrected chi connectivity index (χ1v) is 5.30. The molecule has 5 nitrogen and oxygen atoms in total. The van der Waals surface area contributed by atoms with Crippen molar-refractivity contribution in [2.45, 2.75) is 0 Å². The number of nitrogens with zero attached hydrogens (tertiary/aromatic N) is 1. The third kappa shape index (κ3) is 5.43. The summed E-state index contributed by atoms with van der Waals surface area (Å²) in [5.74, 6) is 0. The van der Waals surface area contributed by atoms with Crippen LogP contribution in [0.4, 0.5) is 5.69 Å². The summed E-state index contributed by atoms with van der Waals surface area (Å²) in [6.07, 6.45) is 8.87. The molecule has 0 saturated carbocycles. The lowest BCUT2D eigenvalue weighted by Gasteiger charge is -1.85. The second-order valence-electron chi connectivity index (χ2n) is 2.33. The predicted octanol–water partition coefficient (Wildman–Crippen LogP) is 1.18. The molecule has 0 aliphatic carbocycles. The number of nitro groups is 1. The van der Waals surface area contributed by atoms with Crippen molar-refractivity contribution < 1.29 is 13.3 Å². The normalized spacial score (nSPS) is 8.88. The van der Waals surface area contributed by atoms with Crippen molar-refractivity contribution in [2.24, 2.45) is 0 Å². The van der Waals surface area contributed by atoms with Gasteiger partial charge in [-0.15, -0.1) is 12.8 Å². The number of rotatable bonds is 1. The minimum Gasteiger partial charge on any atom is -0.258 e. The molecule has 1 rings (SSSR count). The average Bonchev–Trinajstić information content (AvgIpc) is 2.31. The molecule has 0 atom stereocenters. The first-order chi connectivity index (χ1) is 7.43. The van der Waals surface area contributed by atoms with Gasteiger partial charge in [0.1, 0.15) is 0 Å². The van der Waals surface area contributed by atoms with E-state index in [9.17, 15) is 18.5 Å². The van der Waals surface area contributed by atoms with Crippen LogP contribution in [0.3, 0.4) is 0 Å².